The molecule has 1 aliphatic rings. The van der Waals surface area contributed by atoms with Gasteiger partial charge in [-0.05, 0) is 271 Å². The summed E-state index contributed by atoms with van der Waals surface area (Å²) in [7, 11) is 0. The molecule has 12 heterocycles. The standard InChI is InChI=1S/C117H114N12/c1-60-31-28-32-61(2)89(60)68-38-37-66(7)118-107-122(48-47-68)99-92-75-51-69(111(8,9)10)40-44-83(75)124-101(92)105(93-76-52-70(112(11,12)13)39-43-82(76)123(107)100(93)99)128-88-58-74(116(23,24)25)56-80(97(88)120-108(124)128)91-64(5)49-67(50-65(91)6)59-117(26,27)81-35-30-36-86-98(81)121-110-126-85-46-42-72(114(17,18)19)54-78(85)95-102(126)104(127(86)110)94-77-53-71(113(14,15)16)41-45-84(77)125-103(94)106(95)129-87-57-73(115(20,21)22)55-79(96(87)119-109(125)129)90-62(3)33-29-34-63(90)4/h28-47,49-58H,7,48,59H2,1-6,8-27H3/b38-37-,68-47+,118-107+. The van der Waals surface area contributed by atoms with E-state index in [2.05, 4.69) is 397 Å². The smallest absolute Gasteiger partial charge is 0.220 e. The zero-order chi connectivity index (χ0) is 90.0. The summed E-state index contributed by atoms with van der Waals surface area (Å²) in [5.74, 6) is 2.76. The molecule has 0 radical (unpaired) electrons. The Balaban J connectivity index is 0.719. The Labute approximate surface area is 752 Å². The zero-order valence-corrected chi connectivity index (χ0v) is 79.8. The predicted octanol–water partition coefficient (Wildman–Crippen LogP) is 29.4. The van der Waals surface area contributed by atoms with Crippen LogP contribution in [-0.4, -0.2) is 50.3 Å². The van der Waals surface area contributed by atoms with Gasteiger partial charge in [0.15, 0.2) is 0 Å². The van der Waals surface area contributed by atoms with Gasteiger partial charge in [-0.3, -0.25) is 30.8 Å². The molecule has 0 saturated carbocycles. The lowest BCUT2D eigenvalue weighted by molar-refractivity contribution is 0.526. The molecule has 12 heteroatoms. The Bertz CT molecular complexity index is 9080. The number of aromatic nitrogens is 11. The highest BCUT2D eigenvalue weighted by molar-refractivity contribution is 6.39. The third kappa shape index (κ3) is 10.7. The minimum absolute atomic E-state index is 0.121. The van der Waals surface area contributed by atoms with Crippen molar-refractivity contribution >= 4 is 165 Å². The summed E-state index contributed by atoms with van der Waals surface area (Å²) in [5.41, 5.74) is 45.4. The van der Waals surface area contributed by atoms with Gasteiger partial charge in [0.1, 0.15) is 0 Å². The van der Waals surface area contributed by atoms with E-state index in [9.17, 15) is 0 Å². The molecule has 0 amide bonds. The number of fused-ring (bicyclic) bond motifs is 34. The first-order valence-electron chi connectivity index (χ1n) is 46.6. The van der Waals surface area contributed by atoms with Gasteiger partial charge in [-0.15, -0.1) is 0 Å². The summed E-state index contributed by atoms with van der Waals surface area (Å²) < 4.78 is 20.3. The molecule has 0 saturated heterocycles. The lowest BCUT2D eigenvalue weighted by Gasteiger charge is -2.27. The van der Waals surface area contributed by atoms with E-state index in [4.69, 9.17) is 26.5 Å². The van der Waals surface area contributed by atoms with Gasteiger partial charge < -0.3 is 4.57 Å². The Hall–Kier alpha value is -13.1. The number of benzene rings is 12. The fourth-order valence-corrected chi connectivity index (χ4v) is 23.4. The Morgan fingerprint density at radius 1 is 0.310 bits per heavy atom. The first-order chi connectivity index (χ1) is 60.9. The molecule has 0 spiro atoms. The first-order valence-corrected chi connectivity index (χ1v) is 46.6. The van der Waals surface area contributed by atoms with E-state index >= 15 is 0 Å². The van der Waals surface area contributed by atoms with Crippen LogP contribution in [0.1, 0.15) is 222 Å². The second-order valence-corrected chi connectivity index (χ2v) is 45.5. The molecular formula is C117H114N12. The molecule has 12 nitrogen and oxygen atoms in total. The average Bonchev–Trinajstić information content (AvgIpc) is 1.48. The summed E-state index contributed by atoms with van der Waals surface area (Å²) in [6.07, 6.45) is 7.53. The maximum absolute atomic E-state index is 6.16. The largest absolute Gasteiger partial charge is 0.305 e. The normalized spacial score (nSPS) is 15.3. The minimum atomic E-state index is -0.394. The fraction of sp³-hybridized carbons (Fsp3) is 0.299. The van der Waals surface area contributed by atoms with Crippen LogP contribution in [-0.2, 0) is 50.9 Å². The third-order valence-corrected chi connectivity index (χ3v) is 30.0. The maximum Gasteiger partial charge on any atom is 0.220 e. The Kier molecular flexibility index (Phi) is 15.7. The lowest BCUT2D eigenvalue weighted by Crippen LogP contribution is -2.22. The highest BCUT2D eigenvalue weighted by Crippen LogP contribution is 2.55. The van der Waals surface area contributed by atoms with Crippen LogP contribution >= 0.6 is 0 Å². The first kappa shape index (κ1) is 79.3. The van der Waals surface area contributed by atoms with Gasteiger partial charge in [-0.25, -0.2) is 19.9 Å². The summed E-state index contributed by atoms with van der Waals surface area (Å²) in [6, 6.07) is 64.1. The van der Waals surface area contributed by atoms with Crippen molar-refractivity contribution in [2.24, 2.45) is 4.99 Å². The predicted molar refractivity (Wildman–Crippen MR) is 545 cm³/mol. The molecule has 1 aliphatic heterocycles. The van der Waals surface area contributed by atoms with E-state index < -0.39 is 5.41 Å². The van der Waals surface area contributed by atoms with Crippen LogP contribution in [0.25, 0.3) is 188 Å². The molecule has 0 fully saturated rings. The van der Waals surface area contributed by atoms with E-state index in [0.29, 0.717) is 12.2 Å². The number of nitrogens with zero attached hydrogens (tertiary/aromatic N) is 12. The summed E-state index contributed by atoms with van der Waals surface area (Å²) in [6.45, 7) is 66.1. The highest BCUT2D eigenvalue weighted by atomic mass is 15.2. The third-order valence-electron chi connectivity index (χ3n) is 30.0. The van der Waals surface area contributed by atoms with Crippen molar-refractivity contribution in [1.29, 1.82) is 0 Å². The van der Waals surface area contributed by atoms with Crippen LogP contribution in [0.2, 0.25) is 0 Å². The number of hydrogen-bond donors (Lipinski definition) is 0. The number of aryl methyl sites for hydroxylation is 6. The molecule has 11 aromatic heterocycles. The van der Waals surface area contributed by atoms with Gasteiger partial charge in [0.05, 0.1) is 105 Å². The zero-order valence-electron chi connectivity index (χ0n) is 79.8. The summed E-state index contributed by atoms with van der Waals surface area (Å²) >= 11 is 0. The second kappa shape index (κ2) is 25.5. The van der Waals surface area contributed by atoms with Crippen LogP contribution in [0.15, 0.2) is 199 Å². The SMILES string of the molecule is C=C1/C=C\C(c2c(C)cccc2C)=C/Cn2/c(n3c4ccc(C(C)(C)C)cc4c4c3c2c2c3cc(C(C)(C)C)ccc3n3c2c4n2c4cc(C(C)(C)C)cc(-c5c(C)cc(CC(C)(C)c6cccc7c6nc6n7c7c8c9cc(C(C)(C)C)ccc9n9c8c(c8c%10cc(C(C)(C)C)ccc%10n6c87)n6c7cc(C(C)(C)C)cc(-c8c(C)cccc8C)c7nc69)cc5C)c4nc23)=N\1. The van der Waals surface area contributed by atoms with Gasteiger partial charge in [-0.1, -0.05) is 242 Å². The van der Waals surface area contributed by atoms with Gasteiger partial charge in [0.2, 0.25) is 23.0 Å². The van der Waals surface area contributed by atoms with Crippen LogP contribution in [0, 0.1) is 41.5 Å². The van der Waals surface area contributed by atoms with E-state index in [-0.39, 0.29) is 32.5 Å². The van der Waals surface area contributed by atoms with E-state index in [1.165, 1.54) is 171 Å². The molecule has 23 aromatic rings. The summed E-state index contributed by atoms with van der Waals surface area (Å²) in [5, 5.41) is 9.71. The second-order valence-electron chi connectivity index (χ2n) is 45.5. The molecule has 0 N–H and O–H groups in total. The number of hydrogen-bond acceptors (Lipinski definition) is 4. The lowest BCUT2D eigenvalue weighted by atomic mass is 9.77. The summed E-state index contributed by atoms with van der Waals surface area (Å²) in [4.78, 5) is 23.9. The Morgan fingerprint density at radius 2 is 0.651 bits per heavy atom. The number of imidazole rings is 7. The maximum atomic E-state index is 6.16. The number of para-hydroxylation sites is 1. The molecule has 642 valence electrons. The minimum Gasteiger partial charge on any atom is -0.305 e. The Morgan fingerprint density at radius 3 is 1.05 bits per heavy atom. The number of allylic oxidation sites excluding steroid dienone is 4. The van der Waals surface area contributed by atoms with Crippen LogP contribution in [0.4, 0.5) is 0 Å². The topological polar surface area (TPSA) is 86.8 Å². The van der Waals surface area contributed by atoms with E-state index in [1.807, 2.05) is 0 Å². The molecule has 0 bridgehead atoms. The van der Waals surface area contributed by atoms with Crippen molar-refractivity contribution in [2.75, 3.05) is 0 Å². The van der Waals surface area contributed by atoms with Crippen molar-refractivity contribution in [3.05, 3.63) is 283 Å². The monoisotopic (exact) mass is 1690 g/mol. The highest BCUT2D eigenvalue weighted by Gasteiger charge is 2.39. The molecule has 129 heavy (non-hydrogen) atoms. The van der Waals surface area contributed by atoms with Gasteiger partial charge in [0, 0.05) is 60.8 Å². The van der Waals surface area contributed by atoms with Crippen molar-refractivity contribution < 1.29 is 0 Å². The van der Waals surface area contributed by atoms with E-state index in [0.717, 1.165) is 112 Å². The van der Waals surface area contributed by atoms with Gasteiger partial charge in [0.25, 0.3) is 0 Å². The molecule has 0 unspecified atom stereocenters. The van der Waals surface area contributed by atoms with E-state index in [1.54, 1.807) is 0 Å². The van der Waals surface area contributed by atoms with Crippen LogP contribution in [0.3, 0.4) is 0 Å². The molecule has 12 aromatic carbocycles. The van der Waals surface area contributed by atoms with Crippen LogP contribution < -0.4 is 5.62 Å². The molecule has 24 rings (SSSR count). The van der Waals surface area contributed by atoms with Crippen molar-refractivity contribution in [2.45, 2.75) is 231 Å². The van der Waals surface area contributed by atoms with Gasteiger partial charge >= 0.3 is 0 Å². The molecule has 0 aliphatic carbocycles. The molecule has 0 atom stereocenters. The average molecular weight is 1690 g/mol. The fourth-order valence-electron chi connectivity index (χ4n) is 23.4. The van der Waals surface area contributed by atoms with Crippen molar-refractivity contribution in [1.82, 2.24) is 50.3 Å². The van der Waals surface area contributed by atoms with Crippen molar-refractivity contribution in [3.8, 4) is 22.3 Å². The van der Waals surface area contributed by atoms with Crippen molar-refractivity contribution in [3.63, 3.8) is 0 Å². The number of rotatable bonds is 6. The molecular weight excluding hydrogens is 1570 g/mol. The van der Waals surface area contributed by atoms with Gasteiger partial charge in [-0.2, -0.15) is 0 Å². The quantitative estimate of drug-likeness (QED) is 0.166. The van der Waals surface area contributed by atoms with Crippen LogP contribution in [0.5, 0.6) is 0 Å².